The van der Waals surface area contributed by atoms with Gasteiger partial charge in [0.25, 0.3) is 11.8 Å². The second kappa shape index (κ2) is 8.31. The molecule has 1 unspecified atom stereocenters. The summed E-state index contributed by atoms with van der Waals surface area (Å²) in [6.45, 7) is 2.61. The SMILES string of the molecule is Cc1ccc(C(=O)N2CCC(NC(=O)C3CC(F)(F)CN3)CC2)cc1.Cl. The minimum atomic E-state index is -2.81. The van der Waals surface area contributed by atoms with Crippen molar-refractivity contribution in [1.82, 2.24) is 15.5 Å². The van der Waals surface area contributed by atoms with Gasteiger partial charge in [-0.05, 0) is 31.9 Å². The van der Waals surface area contributed by atoms with Crippen LogP contribution in [0.5, 0.6) is 0 Å². The smallest absolute Gasteiger partial charge is 0.262 e. The van der Waals surface area contributed by atoms with Crippen molar-refractivity contribution in [3.63, 3.8) is 0 Å². The second-order valence-corrected chi connectivity index (χ2v) is 6.93. The maximum absolute atomic E-state index is 13.2. The second-order valence-electron chi connectivity index (χ2n) is 6.93. The number of hydrogen-bond donors (Lipinski definition) is 2. The number of amides is 2. The largest absolute Gasteiger partial charge is 0.352 e. The molecule has 0 spiro atoms. The van der Waals surface area contributed by atoms with Gasteiger partial charge in [0, 0.05) is 31.1 Å². The molecular weight excluding hydrogens is 364 g/mol. The van der Waals surface area contributed by atoms with E-state index in [0.717, 1.165) is 5.56 Å². The van der Waals surface area contributed by atoms with Crippen LogP contribution in [0.15, 0.2) is 24.3 Å². The lowest BCUT2D eigenvalue weighted by atomic mass is 10.0. The highest BCUT2D eigenvalue weighted by molar-refractivity contribution is 5.94. The molecule has 8 heteroatoms. The van der Waals surface area contributed by atoms with Crippen LogP contribution in [0.1, 0.15) is 35.2 Å². The number of nitrogens with one attached hydrogen (secondary N) is 2. The van der Waals surface area contributed by atoms with Crippen LogP contribution in [0.25, 0.3) is 0 Å². The Bertz CT molecular complexity index is 646. The van der Waals surface area contributed by atoms with E-state index in [-0.39, 0.29) is 30.3 Å². The Kier molecular flexibility index (Phi) is 6.58. The quantitative estimate of drug-likeness (QED) is 0.835. The first kappa shape index (κ1) is 20.6. The molecule has 0 saturated carbocycles. The molecule has 0 aromatic heterocycles. The predicted molar refractivity (Wildman–Crippen MR) is 96.8 cm³/mol. The van der Waals surface area contributed by atoms with Crippen molar-refractivity contribution in [3.05, 3.63) is 35.4 Å². The molecule has 3 rings (SSSR count). The molecule has 0 aliphatic carbocycles. The van der Waals surface area contributed by atoms with Crippen LogP contribution in [0, 0.1) is 6.92 Å². The third-order valence-corrected chi connectivity index (χ3v) is 4.85. The highest BCUT2D eigenvalue weighted by Crippen LogP contribution is 2.25. The summed E-state index contributed by atoms with van der Waals surface area (Å²) in [5.74, 6) is -3.20. The Hall–Kier alpha value is -1.73. The summed E-state index contributed by atoms with van der Waals surface area (Å²) < 4.78 is 26.3. The van der Waals surface area contributed by atoms with Gasteiger partial charge in [0.15, 0.2) is 0 Å². The predicted octanol–water partition coefficient (Wildman–Crippen LogP) is 2.13. The number of halogens is 3. The van der Waals surface area contributed by atoms with Crippen LogP contribution >= 0.6 is 12.4 Å². The van der Waals surface area contributed by atoms with Crippen molar-refractivity contribution < 1.29 is 18.4 Å². The lowest BCUT2D eigenvalue weighted by Gasteiger charge is -2.33. The number of carbonyl (C=O) groups is 2. The molecule has 144 valence electrons. The molecule has 5 nitrogen and oxygen atoms in total. The molecule has 1 aromatic carbocycles. The molecule has 2 aliphatic heterocycles. The summed E-state index contributed by atoms with van der Waals surface area (Å²) in [5, 5.41) is 5.40. The van der Waals surface area contributed by atoms with Gasteiger partial charge in [-0.25, -0.2) is 8.78 Å². The minimum absolute atomic E-state index is 0. The van der Waals surface area contributed by atoms with Gasteiger partial charge in [-0.2, -0.15) is 0 Å². The monoisotopic (exact) mass is 387 g/mol. The van der Waals surface area contributed by atoms with Gasteiger partial charge in [-0.15, -0.1) is 12.4 Å². The first-order valence-electron chi connectivity index (χ1n) is 8.62. The van der Waals surface area contributed by atoms with Crippen LogP contribution < -0.4 is 10.6 Å². The molecule has 1 atom stereocenters. The van der Waals surface area contributed by atoms with Crippen LogP contribution in [0.4, 0.5) is 8.78 Å². The van der Waals surface area contributed by atoms with E-state index in [1.807, 2.05) is 31.2 Å². The highest BCUT2D eigenvalue weighted by Gasteiger charge is 2.42. The van der Waals surface area contributed by atoms with E-state index in [1.165, 1.54) is 0 Å². The average Bonchev–Trinajstić information content (AvgIpc) is 2.96. The molecule has 0 radical (unpaired) electrons. The van der Waals surface area contributed by atoms with Gasteiger partial charge in [-0.1, -0.05) is 17.7 Å². The molecular formula is C18H24ClF2N3O2. The third-order valence-electron chi connectivity index (χ3n) is 4.85. The lowest BCUT2D eigenvalue weighted by Crippen LogP contribution is -2.50. The van der Waals surface area contributed by atoms with Crippen LogP contribution in [-0.2, 0) is 4.79 Å². The number of hydrogen-bond acceptors (Lipinski definition) is 3. The molecule has 1 aromatic rings. The van der Waals surface area contributed by atoms with E-state index in [0.29, 0.717) is 31.5 Å². The average molecular weight is 388 g/mol. The standard InChI is InChI=1S/C18H23F2N3O2.ClH/c1-12-2-4-13(5-3-12)17(25)23-8-6-14(7-9-23)22-16(24)15-10-18(19,20)11-21-15;/h2-5,14-15,21H,6-11H2,1H3,(H,22,24);1H. The Morgan fingerprint density at radius 2 is 1.81 bits per heavy atom. The van der Waals surface area contributed by atoms with Gasteiger partial charge < -0.3 is 10.2 Å². The number of rotatable bonds is 3. The number of benzene rings is 1. The summed E-state index contributed by atoms with van der Waals surface area (Å²) in [4.78, 5) is 26.3. The molecule has 2 fully saturated rings. The summed E-state index contributed by atoms with van der Waals surface area (Å²) >= 11 is 0. The lowest BCUT2D eigenvalue weighted by molar-refractivity contribution is -0.124. The van der Waals surface area contributed by atoms with Gasteiger partial charge in [0.05, 0.1) is 12.6 Å². The van der Waals surface area contributed by atoms with Crippen LogP contribution in [-0.4, -0.2) is 54.4 Å². The number of nitrogens with zero attached hydrogens (tertiary/aromatic N) is 1. The van der Waals surface area contributed by atoms with Crippen molar-refractivity contribution in [1.29, 1.82) is 0 Å². The highest BCUT2D eigenvalue weighted by atomic mass is 35.5. The number of alkyl halides is 2. The molecule has 2 N–H and O–H groups in total. The maximum Gasteiger partial charge on any atom is 0.262 e. The van der Waals surface area contributed by atoms with Crippen LogP contribution in [0.2, 0.25) is 0 Å². The van der Waals surface area contributed by atoms with E-state index in [4.69, 9.17) is 0 Å². The maximum atomic E-state index is 13.2. The van der Waals surface area contributed by atoms with Crippen molar-refractivity contribution in [2.45, 2.75) is 44.2 Å². The van der Waals surface area contributed by atoms with Crippen molar-refractivity contribution in [2.75, 3.05) is 19.6 Å². The fourth-order valence-electron chi connectivity index (χ4n) is 3.31. The number of likely N-dealkylation sites (tertiary alicyclic amines) is 1. The van der Waals surface area contributed by atoms with E-state index < -0.39 is 24.9 Å². The normalized spacial score (nSPS) is 22.6. The topological polar surface area (TPSA) is 61.4 Å². The Balaban J connectivity index is 0.00000243. The first-order valence-corrected chi connectivity index (χ1v) is 8.62. The van der Waals surface area contributed by atoms with E-state index in [9.17, 15) is 18.4 Å². The zero-order valence-corrected chi connectivity index (χ0v) is 15.5. The van der Waals surface area contributed by atoms with Crippen molar-refractivity contribution in [2.24, 2.45) is 0 Å². The molecule has 2 saturated heterocycles. The van der Waals surface area contributed by atoms with Gasteiger partial charge in [0.1, 0.15) is 0 Å². The van der Waals surface area contributed by atoms with E-state index in [2.05, 4.69) is 10.6 Å². The van der Waals surface area contributed by atoms with Gasteiger partial charge in [0.2, 0.25) is 5.91 Å². The van der Waals surface area contributed by atoms with Gasteiger partial charge >= 0.3 is 0 Å². The third kappa shape index (κ3) is 4.92. The van der Waals surface area contributed by atoms with Gasteiger partial charge in [-0.3, -0.25) is 14.9 Å². The zero-order valence-electron chi connectivity index (χ0n) is 14.6. The first-order chi connectivity index (χ1) is 11.8. The summed E-state index contributed by atoms with van der Waals surface area (Å²) in [6, 6.07) is 6.54. The number of aryl methyl sites for hydroxylation is 1. The summed E-state index contributed by atoms with van der Waals surface area (Å²) in [7, 11) is 0. The fourth-order valence-corrected chi connectivity index (χ4v) is 3.31. The molecule has 2 heterocycles. The Morgan fingerprint density at radius 3 is 2.35 bits per heavy atom. The zero-order chi connectivity index (χ0) is 18.0. The van der Waals surface area contributed by atoms with Crippen LogP contribution in [0.3, 0.4) is 0 Å². The molecule has 2 amide bonds. The Labute approximate surface area is 157 Å². The molecule has 26 heavy (non-hydrogen) atoms. The molecule has 0 bridgehead atoms. The van der Waals surface area contributed by atoms with Crippen molar-refractivity contribution >= 4 is 24.2 Å². The summed E-state index contributed by atoms with van der Waals surface area (Å²) in [6.07, 6.45) is 0.808. The minimum Gasteiger partial charge on any atom is -0.352 e. The Morgan fingerprint density at radius 1 is 1.19 bits per heavy atom. The fraction of sp³-hybridized carbons (Fsp3) is 0.556. The summed E-state index contributed by atoms with van der Waals surface area (Å²) in [5.41, 5.74) is 1.76. The number of piperidine rings is 1. The van der Waals surface area contributed by atoms with Crippen molar-refractivity contribution in [3.8, 4) is 0 Å². The molecule has 2 aliphatic rings. The number of carbonyl (C=O) groups excluding carboxylic acids is 2. The van der Waals surface area contributed by atoms with E-state index in [1.54, 1.807) is 4.90 Å². The van der Waals surface area contributed by atoms with E-state index >= 15 is 0 Å².